The molecule has 0 spiro atoms. The van der Waals surface area contributed by atoms with Crippen LogP contribution >= 0.6 is 23.2 Å². The lowest BCUT2D eigenvalue weighted by Crippen LogP contribution is -2.57. The highest BCUT2D eigenvalue weighted by atomic mass is 35.5. The Kier molecular flexibility index (Phi) is 7.57. The summed E-state index contributed by atoms with van der Waals surface area (Å²) < 4.78 is 11.6. The van der Waals surface area contributed by atoms with E-state index in [1.165, 1.54) is 0 Å². The van der Waals surface area contributed by atoms with Crippen LogP contribution < -0.4 is 10.5 Å². The maximum Gasteiger partial charge on any atom is 0.410 e. The number of carbonyl (C=O) groups excluding carboxylic acids is 2. The number of amides is 2. The monoisotopic (exact) mass is 534 g/mol. The van der Waals surface area contributed by atoms with Gasteiger partial charge in [0, 0.05) is 44.1 Å². The number of anilines is 1. The number of benzene rings is 1. The molecule has 0 aliphatic carbocycles. The van der Waals surface area contributed by atoms with E-state index in [0.29, 0.717) is 47.8 Å². The SMILES string of the molecule is C[C@H](Oc1ccc(N)cn1)[C@H]1CN(C(=O)C2CN(C(=O)OC(C)(C)C)C2)C[C@@H]1c1ccc(Cl)c(Cl)c1. The summed E-state index contributed by atoms with van der Waals surface area (Å²) in [5.74, 6) is 0.240. The normalized spacial score (nSPS) is 21.2. The van der Waals surface area contributed by atoms with Gasteiger partial charge in [0.05, 0.1) is 27.8 Å². The molecule has 2 saturated heterocycles. The molecular weight excluding hydrogens is 503 g/mol. The quantitative estimate of drug-likeness (QED) is 0.588. The summed E-state index contributed by atoms with van der Waals surface area (Å²) in [6, 6.07) is 9.05. The first-order valence-electron chi connectivity index (χ1n) is 12.0. The number of rotatable bonds is 5. The van der Waals surface area contributed by atoms with E-state index in [0.717, 1.165) is 5.56 Å². The lowest BCUT2D eigenvalue weighted by atomic mass is 9.86. The Morgan fingerprint density at radius 3 is 2.39 bits per heavy atom. The van der Waals surface area contributed by atoms with Crippen molar-refractivity contribution in [2.45, 2.75) is 45.3 Å². The first-order valence-corrected chi connectivity index (χ1v) is 12.8. The van der Waals surface area contributed by atoms with Gasteiger partial charge in [0.1, 0.15) is 11.7 Å². The van der Waals surface area contributed by atoms with Crippen LogP contribution in [0.2, 0.25) is 10.0 Å². The second-order valence-corrected chi connectivity index (χ2v) is 11.3. The summed E-state index contributed by atoms with van der Waals surface area (Å²) in [5.41, 5.74) is 6.72. The van der Waals surface area contributed by atoms with Crippen LogP contribution in [0, 0.1) is 11.8 Å². The lowest BCUT2D eigenvalue weighted by molar-refractivity contribution is -0.139. The van der Waals surface area contributed by atoms with Gasteiger partial charge in [0.25, 0.3) is 0 Å². The zero-order valence-electron chi connectivity index (χ0n) is 20.9. The molecule has 2 aromatic rings. The molecule has 2 N–H and O–H groups in total. The summed E-state index contributed by atoms with van der Waals surface area (Å²) in [5, 5.41) is 0.952. The number of nitrogens with zero attached hydrogens (tertiary/aromatic N) is 3. The van der Waals surface area contributed by atoms with Crippen molar-refractivity contribution < 1.29 is 19.1 Å². The minimum atomic E-state index is -0.573. The fourth-order valence-electron chi connectivity index (χ4n) is 4.69. The van der Waals surface area contributed by atoms with Crippen molar-refractivity contribution in [3.05, 3.63) is 52.1 Å². The predicted octanol–water partition coefficient (Wildman–Crippen LogP) is 4.85. The Bertz CT molecular complexity index is 1120. The van der Waals surface area contributed by atoms with Crippen LogP contribution in [-0.4, -0.2) is 64.7 Å². The Hall–Kier alpha value is -2.71. The number of pyridine rings is 1. The van der Waals surface area contributed by atoms with Gasteiger partial charge in [-0.3, -0.25) is 4.79 Å². The van der Waals surface area contributed by atoms with Crippen molar-refractivity contribution in [3.8, 4) is 5.88 Å². The van der Waals surface area contributed by atoms with Crippen molar-refractivity contribution in [2.24, 2.45) is 11.8 Å². The summed E-state index contributed by atoms with van der Waals surface area (Å²) in [7, 11) is 0. The van der Waals surface area contributed by atoms with Crippen molar-refractivity contribution in [2.75, 3.05) is 31.9 Å². The summed E-state index contributed by atoms with van der Waals surface area (Å²) in [4.78, 5) is 33.3. The zero-order valence-corrected chi connectivity index (χ0v) is 22.4. The number of halogens is 2. The van der Waals surface area contributed by atoms with Crippen LogP contribution in [0.5, 0.6) is 5.88 Å². The highest BCUT2D eigenvalue weighted by Crippen LogP contribution is 2.39. The topological polar surface area (TPSA) is 98.0 Å². The van der Waals surface area contributed by atoms with Crippen LogP contribution in [0.3, 0.4) is 0 Å². The Morgan fingerprint density at radius 1 is 1.06 bits per heavy atom. The van der Waals surface area contributed by atoms with E-state index in [2.05, 4.69) is 4.98 Å². The molecule has 2 fully saturated rings. The van der Waals surface area contributed by atoms with Gasteiger partial charge in [0.15, 0.2) is 0 Å². The number of nitrogens with two attached hydrogens (primary N) is 1. The molecule has 4 rings (SSSR count). The van der Waals surface area contributed by atoms with Crippen LogP contribution in [-0.2, 0) is 9.53 Å². The molecule has 1 aromatic carbocycles. The average Bonchev–Trinajstić information content (AvgIpc) is 3.20. The Labute approximate surface area is 221 Å². The number of hydrogen-bond acceptors (Lipinski definition) is 6. The summed E-state index contributed by atoms with van der Waals surface area (Å²) in [6.45, 7) is 9.20. The molecule has 0 unspecified atom stereocenters. The fourth-order valence-corrected chi connectivity index (χ4v) is 4.99. The molecular formula is C26H32Cl2N4O4. The first kappa shape index (κ1) is 26.4. The Balaban J connectivity index is 1.47. The van der Waals surface area contributed by atoms with Crippen molar-refractivity contribution >= 4 is 40.9 Å². The molecule has 2 amide bonds. The van der Waals surface area contributed by atoms with Crippen molar-refractivity contribution in [3.63, 3.8) is 0 Å². The van der Waals surface area contributed by atoms with E-state index >= 15 is 0 Å². The standard InChI is InChI=1S/C26H32Cl2N4O4/c1-15(35-23-8-6-18(29)10-30-23)19-13-31(14-20(19)16-5-7-21(27)22(28)9-16)24(33)17-11-32(12-17)25(34)36-26(2,3)4/h5-10,15,17,19-20H,11-14,29H2,1-4H3/t15-,19+,20+/m0/s1. The number of carbonyl (C=O) groups is 2. The highest BCUT2D eigenvalue weighted by Gasteiger charge is 2.45. The molecule has 36 heavy (non-hydrogen) atoms. The lowest BCUT2D eigenvalue weighted by Gasteiger charge is -2.40. The third kappa shape index (κ3) is 5.98. The molecule has 2 aliphatic rings. The van der Waals surface area contributed by atoms with Crippen LogP contribution in [0.15, 0.2) is 36.5 Å². The van der Waals surface area contributed by atoms with E-state index < -0.39 is 11.7 Å². The van der Waals surface area contributed by atoms with Gasteiger partial charge in [-0.25, -0.2) is 9.78 Å². The number of aromatic nitrogens is 1. The minimum absolute atomic E-state index is 0.00506. The molecule has 3 atom stereocenters. The van der Waals surface area contributed by atoms with E-state index in [9.17, 15) is 9.59 Å². The molecule has 194 valence electrons. The third-order valence-corrected chi connectivity index (χ3v) is 7.34. The van der Waals surface area contributed by atoms with Gasteiger partial charge in [-0.05, 0) is 51.5 Å². The van der Waals surface area contributed by atoms with Crippen LogP contribution in [0.1, 0.15) is 39.2 Å². The van der Waals surface area contributed by atoms with E-state index in [4.69, 9.17) is 38.4 Å². The van der Waals surface area contributed by atoms with Gasteiger partial charge in [0.2, 0.25) is 11.8 Å². The number of hydrogen-bond donors (Lipinski definition) is 1. The molecule has 1 aromatic heterocycles. The highest BCUT2D eigenvalue weighted by molar-refractivity contribution is 6.42. The minimum Gasteiger partial charge on any atom is -0.474 e. The van der Waals surface area contributed by atoms with Crippen LogP contribution in [0.25, 0.3) is 0 Å². The Morgan fingerprint density at radius 2 is 1.78 bits per heavy atom. The molecule has 2 aliphatic heterocycles. The maximum absolute atomic E-state index is 13.4. The van der Waals surface area contributed by atoms with E-state index in [1.807, 2.05) is 44.7 Å². The van der Waals surface area contributed by atoms with E-state index in [-0.39, 0.29) is 29.8 Å². The smallest absolute Gasteiger partial charge is 0.410 e. The molecule has 0 bridgehead atoms. The fraction of sp³-hybridized carbons (Fsp3) is 0.500. The van der Waals surface area contributed by atoms with Gasteiger partial charge in [-0.1, -0.05) is 29.3 Å². The first-order chi connectivity index (χ1) is 16.9. The van der Waals surface area contributed by atoms with E-state index in [1.54, 1.807) is 29.3 Å². The molecule has 0 saturated carbocycles. The van der Waals surface area contributed by atoms with Crippen molar-refractivity contribution in [1.82, 2.24) is 14.8 Å². The average molecular weight is 535 g/mol. The predicted molar refractivity (Wildman–Crippen MR) is 139 cm³/mol. The van der Waals surface area contributed by atoms with Crippen LogP contribution in [0.4, 0.5) is 10.5 Å². The number of likely N-dealkylation sites (tertiary alicyclic amines) is 2. The largest absolute Gasteiger partial charge is 0.474 e. The van der Waals surface area contributed by atoms with Gasteiger partial charge in [-0.2, -0.15) is 0 Å². The molecule has 8 nitrogen and oxygen atoms in total. The number of nitrogen functional groups attached to an aromatic ring is 1. The summed E-state index contributed by atoms with van der Waals surface area (Å²) in [6.07, 6.45) is 0.922. The maximum atomic E-state index is 13.4. The molecule has 0 radical (unpaired) electrons. The second kappa shape index (κ2) is 10.3. The van der Waals surface area contributed by atoms with Gasteiger partial charge >= 0.3 is 6.09 Å². The second-order valence-electron chi connectivity index (χ2n) is 10.5. The zero-order chi connectivity index (χ0) is 26.2. The van der Waals surface area contributed by atoms with Crippen molar-refractivity contribution in [1.29, 1.82) is 0 Å². The van der Waals surface area contributed by atoms with Gasteiger partial charge < -0.3 is 25.0 Å². The molecule has 10 heteroatoms. The number of ether oxygens (including phenoxy) is 2. The molecule has 3 heterocycles. The third-order valence-electron chi connectivity index (χ3n) is 6.60. The summed E-state index contributed by atoms with van der Waals surface area (Å²) >= 11 is 12.5. The van der Waals surface area contributed by atoms with Gasteiger partial charge in [-0.15, -0.1) is 0 Å².